The molecule has 18 heavy (non-hydrogen) atoms. The highest BCUT2D eigenvalue weighted by atomic mass is 35.5. The Labute approximate surface area is 112 Å². The van der Waals surface area contributed by atoms with Gasteiger partial charge in [-0.25, -0.2) is 0 Å². The largest absolute Gasteiger partial charge is 0.492 e. The molecule has 1 amide bonds. The van der Waals surface area contributed by atoms with Gasteiger partial charge in [0, 0.05) is 17.5 Å². The minimum absolute atomic E-state index is 0.000648. The van der Waals surface area contributed by atoms with Crippen LogP contribution in [0.5, 0.6) is 5.75 Å². The van der Waals surface area contributed by atoms with Crippen molar-refractivity contribution >= 4 is 17.5 Å². The molecule has 1 aromatic carbocycles. The molecule has 0 saturated heterocycles. The van der Waals surface area contributed by atoms with Crippen LogP contribution in [-0.2, 0) is 4.79 Å². The Morgan fingerprint density at radius 2 is 2.22 bits per heavy atom. The summed E-state index contributed by atoms with van der Waals surface area (Å²) in [6.45, 7) is 4.51. The Kier molecular flexibility index (Phi) is 4.12. The number of rotatable bonds is 4. The van der Waals surface area contributed by atoms with E-state index in [0.29, 0.717) is 18.4 Å². The van der Waals surface area contributed by atoms with E-state index in [1.54, 1.807) is 0 Å². The third kappa shape index (κ3) is 2.61. The number of nitrogens with one attached hydrogen (secondary N) is 1. The van der Waals surface area contributed by atoms with Crippen LogP contribution in [0.1, 0.15) is 25.3 Å². The molecule has 0 spiro atoms. The Balaban J connectivity index is 2.07. The fraction of sp³-hybridized carbons (Fsp3) is 0.500. The standard InChI is InChI=1S/C14H18ClNO2/c1-9(2)12(7-15)16-14(17)11-8-18-13-6-4-3-5-10(11)13/h3-6,9,11-12H,7-8H2,1-2H3,(H,16,17). The number of alkyl halides is 1. The smallest absolute Gasteiger partial charge is 0.231 e. The normalized spacial score (nSPS) is 19.2. The van der Waals surface area contributed by atoms with Gasteiger partial charge in [0.15, 0.2) is 0 Å². The number of carbonyl (C=O) groups excluding carboxylic acids is 1. The molecule has 0 aliphatic carbocycles. The van der Waals surface area contributed by atoms with Gasteiger partial charge in [-0.15, -0.1) is 11.6 Å². The Hall–Kier alpha value is -1.22. The first kappa shape index (κ1) is 13.2. The van der Waals surface area contributed by atoms with E-state index in [4.69, 9.17) is 16.3 Å². The molecule has 0 aromatic heterocycles. The van der Waals surface area contributed by atoms with Gasteiger partial charge in [-0.05, 0) is 12.0 Å². The Morgan fingerprint density at radius 1 is 1.50 bits per heavy atom. The first-order valence-electron chi connectivity index (χ1n) is 6.21. The average molecular weight is 268 g/mol. The van der Waals surface area contributed by atoms with E-state index < -0.39 is 0 Å². The van der Waals surface area contributed by atoms with Crippen LogP contribution >= 0.6 is 11.6 Å². The van der Waals surface area contributed by atoms with Gasteiger partial charge in [-0.1, -0.05) is 32.0 Å². The van der Waals surface area contributed by atoms with Gasteiger partial charge in [-0.3, -0.25) is 4.79 Å². The lowest BCUT2D eigenvalue weighted by molar-refractivity contribution is -0.123. The lowest BCUT2D eigenvalue weighted by atomic mass is 9.99. The highest BCUT2D eigenvalue weighted by molar-refractivity contribution is 6.18. The second-order valence-electron chi connectivity index (χ2n) is 4.91. The molecular weight excluding hydrogens is 250 g/mol. The van der Waals surface area contributed by atoms with E-state index in [0.717, 1.165) is 11.3 Å². The summed E-state index contributed by atoms with van der Waals surface area (Å²) in [4.78, 5) is 12.2. The molecule has 2 rings (SSSR count). The number of ether oxygens (including phenoxy) is 1. The summed E-state index contributed by atoms with van der Waals surface area (Å²) in [7, 11) is 0. The minimum Gasteiger partial charge on any atom is -0.492 e. The van der Waals surface area contributed by atoms with Crippen molar-refractivity contribution < 1.29 is 9.53 Å². The van der Waals surface area contributed by atoms with Crippen LogP contribution in [0, 0.1) is 5.92 Å². The topological polar surface area (TPSA) is 38.3 Å². The van der Waals surface area contributed by atoms with Gasteiger partial charge in [0.2, 0.25) is 5.91 Å². The molecule has 4 heteroatoms. The van der Waals surface area contributed by atoms with Crippen molar-refractivity contribution in [3.8, 4) is 5.75 Å². The lowest BCUT2D eigenvalue weighted by Gasteiger charge is -2.21. The second-order valence-corrected chi connectivity index (χ2v) is 5.22. The molecule has 2 atom stereocenters. The summed E-state index contributed by atoms with van der Waals surface area (Å²) in [6.07, 6.45) is 0. The molecule has 98 valence electrons. The number of para-hydroxylation sites is 1. The molecule has 0 bridgehead atoms. The van der Waals surface area contributed by atoms with Crippen LogP contribution in [0.3, 0.4) is 0 Å². The summed E-state index contributed by atoms with van der Waals surface area (Å²) in [5, 5.41) is 3.00. The highest BCUT2D eigenvalue weighted by Gasteiger charge is 2.31. The van der Waals surface area contributed by atoms with Crippen molar-refractivity contribution in [3.05, 3.63) is 29.8 Å². The van der Waals surface area contributed by atoms with E-state index in [1.165, 1.54) is 0 Å². The third-order valence-electron chi connectivity index (χ3n) is 3.32. The first-order chi connectivity index (χ1) is 8.63. The molecule has 1 aliphatic heterocycles. The van der Waals surface area contributed by atoms with Crippen LogP contribution in [0.15, 0.2) is 24.3 Å². The van der Waals surface area contributed by atoms with Crippen molar-refractivity contribution in [1.29, 1.82) is 0 Å². The van der Waals surface area contributed by atoms with Crippen molar-refractivity contribution in [3.63, 3.8) is 0 Å². The SMILES string of the molecule is CC(C)C(CCl)NC(=O)C1COc2ccccc21. The minimum atomic E-state index is -0.217. The van der Waals surface area contributed by atoms with Crippen molar-refractivity contribution in [2.75, 3.05) is 12.5 Å². The maximum absolute atomic E-state index is 12.2. The molecule has 1 aliphatic rings. The number of fused-ring (bicyclic) bond motifs is 1. The maximum atomic E-state index is 12.2. The van der Waals surface area contributed by atoms with E-state index in [-0.39, 0.29) is 17.9 Å². The molecule has 3 nitrogen and oxygen atoms in total. The molecule has 2 unspecified atom stereocenters. The monoisotopic (exact) mass is 267 g/mol. The highest BCUT2D eigenvalue weighted by Crippen LogP contribution is 2.33. The van der Waals surface area contributed by atoms with Crippen molar-refractivity contribution in [1.82, 2.24) is 5.32 Å². The van der Waals surface area contributed by atoms with Gasteiger partial charge >= 0.3 is 0 Å². The molecule has 1 heterocycles. The molecule has 1 aromatic rings. The van der Waals surface area contributed by atoms with E-state index in [2.05, 4.69) is 5.32 Å². The average Bonchev–Trinajstić information content (AvgIpc) is 2.79. The third-order valence-corrected chi connectivity index (χ3v) is 3.65. The van der Waals surface area contributed by atoms with Gasteiger partial charge in [0.05, 0.1) is 0 Å². The van der Waals surface area contributed by atoms with Gasteiger partial charge in [0.25, 0.3) is 0 Å². The number of hydrogen-bond donors (Lipinski definition) is 1. The summed E-state index contributed by atoms with van der Waals surface area (Å²) >= 11 is 5.87. The van der Waals surface area contributed by atoms with E-state index in [1.807, 2.05) is 38.1 Å². The van der Waals surface area contributed by atoms with Crippen molar-refractivity contribution in [2.45, 2.75) is 25.8 Å². The zero-order chi connectivity index (χ0) is 13.1. The number of hydrogen-bond acceptors (Lipinski definition) is 2. The van der Waals surface area contributed by atoms with Crippen LogP contribution < -0.4 is 10.1 Å². The lowest BCUT2D eigenvalue weighted by Crippen LogP contribution is -2.42. The second kappa shape index (κ2) is 5.61. The predicted molar refractivity (Wildman–Crippen MR) is 72.2 cm³/mol. The summed E-state index contributed by atoms with van der Waals surface area (Å²) < 4.78 is 5.51. The van der Waals surface area contributed by atoms with Crippen LogP contribution in [0.25, 0.3) is 0 Å². The van der Waals surface area contributed by atoms with E-state index in [9.17, 15) is 4.79 Å². The van der Waals surface area contributed by atoms with Gasteiger partial charge < -0.3 is 10.1 Å². The number of amides is 1. The zero-order valence-corrected chi connectivity index (χ0v) is 11.4. The fourth-order valence-corrected chi connectivity index (χ4v) is 2.48. The molecular formula is C14H18ClNO2. The number of benzene rings is 1. The Morgan fingerprint density at radius 3 is 2.89 bits per heavy atom. The van der Waals surface area contributed by atoms with Gasteiger partial charge in [-0.2, -0.15) is 0 Å². The quantitative estimate of drug-likeness (QED) is 0.852. The summed E-state index contributed by atoms with van der Waals surface area (Å²) in [5.41, 5.74) is 0.965. The van der Waals surface area contributed by atoms with Crippen LogP contribution in [0.2, 0.25) is 0 Å². The maximum Gasteiger partial charge on any atom is 0.231 e. The molecule has 0 saturated carbocycles. The van der Waals surface area contributed by atoms with E-state index >= 15 is 0 Å². The Bertz CT molecular complexity index is 434. The fourth-order valence-electron chi connectivity index (χ4n) is 2.05. The van der Waals surface area contributed by atoms with Gasteiger partial charge in [0.1, 0.15) is 18.3 Å². The van der Waals surface area contributed by atoms with Crippen molar-refractivity contribution in [2.24, 2.45) is 5.92 Å². The summed E-state index contributed by atoms with van der Waals surface area (Å²) in [6, 6.07) is 7.68. The van der Waals surface area contributed by atoms with Crippen LogP contribution in [0.4, 0.5) is 0 Å². The molecule has 0 radical (unpaired) electrons. The molecule has 1 N–H and O–H groups in total. The zero-order valence-electron chi connectivity index (χ0n) is 10.7. The predicted octanol–water partition coefficient (Wildman–Crippen LogP) is 2.54. The molecule has 0 fully saturated rings. The number of halogens is 1. The number of carbonyl (C=O) groups is 1. The van der Waals surface area contributed by atoms with Crippen LogP contribution in [-0.4, -0.2) is 24.4 Å². The summed E-state index contributed by atoms with van der Waals surface area (Å²) in [5.74, 6) is 1.34. The first-order valence-corrected chi connectivity index (χ1v) is 6.75.